The zero-order valence-corrected chi connectivity index (χ0v) is 13.2. The van der Waals surface area contributed by atoms with E-state index >= 15 is 0 Å². The number of aliphatic carboxylic acids is 1. The van der Waals surface area contributed by atoms with Crippen molar-refractivity contribution in [2.45, 2.75) is 23.9 Å². The van der Waals surface area contributed by atoms with Gasteiger partial charge in [0.2, 0.25) is 0 Å². The molecule has 0 radical (unpaired) electrons. The molecule has 1 aromatic carbocycles. The smallest absolute Gasteiger partial charge is 0.316 e. The average molecular weight is 319 g/mol. The molecule has 0 unspecified atom stereocenters. The number of allylic oxidation sites excluding steroid dienone is 1. The number of hydrogen-bond acceptors (Lipinski definition) is 5. The van der Waals surface area contributed by atoms with Crippen LogP contribution in [-0.4, -0.2) is 38.2 Å². The predicted octanol–water partition coefficient (Wildman–Crippen LogP) is 2.70. The normalized spacial score (nSPS) is 11.9. The lowest BCUT2D eigenvalue weighted by molar-refractivity contribution is -0.136. The van der Waals surface area contributed by atoms with Crippen LogP contribution in [0, 0.1) is 0 Å². The van der Waals surface area contributed by atoms with Crippen LogP contribution in [0.25, 0.3) is 11.4 Å². The summed E-state index contributed by atoms with van der Waals surface area (Å²) in [6, 6.07) is 7.46. The highest BCUT2D eigenvalue weighted by atomic mass is 32.2. The molecule has 0 aliphatic carbocycles. The highest BCUT2D eigenvalue weighted by Gasteiger charge is 2.19. The molecule has 1 aromatic heterocycles. The lowest BCUT2D eigenvalue weighted by atomic mass is 10.2. The van der Waals surface area contributed by atoms with Crippen LogP contribution in [0.2, 0.25) is 0 Å². The van der Waals surface area contributed by atoms with E-state index in [1.54, 1.807) is 20.1 Å². The number of nitrogens with zero attached hydrogens (tertiary/aromatic N) is 3. The predicted molar refractivity (Wildman–Crippen MR) is 85.2 cm³/mol. The van der Waals surface area contributed by atoms with E-state index in [-0.39, 0.29) is 0 Å². The Morgan fingerprint density at radius 1 is 1.45 bits per heavy atom. The molecule has 0 amide bonds. The van der Waals surface area contributed by atoms with E-state index in [1.165, 1.54) is 0 Å². The molecule has 0 fully saturated rings. The fourth-order valence-corrected chi connectivity index (χ4v) is 2.62. The Balaban J connectivity index is 2.36. The van der Waals surface area contributed by atoms with E-state index in [0.717, 1.165) is 23.1 Å². The summed E-state index contributed by atoms with van der Waals surface area (Å²) < 4.78 is 6.98. The Labute approximate surface area is 132 Å². The van der Waals surface area contributed by atoms with Gasteiger partial charge in [-0.05, 0) is 31.2 Å². The maximum absolute atomic E-state index is 11.0. The van der Waals surface area contributed by atoms with Crippen molar-refractivity contribution in [1.82, 2.24) is 14.8 Å². The Morgan fingerprint density at radius 3 is 2.68 bits per heavy atom. The van der Waals surface area contributed by atoms with Crippen molar-refractivity contribution in [1.29, 1.82) is 0 Å². The third kappa shape index (κ3) is 3.48. The van der Waals surface area contributed by atoms with E-state index in [4.69, 9.17) is 9.84 Å². The lowest BCUT2D eigenvalue weighted by Crippen LogP contribution is -2.13. The summed E-state index contributed by atoms with van der Waals surface area (Å²) in [4.78, 5) is 11.0. The lowest BCUT2D eigenvalue weighted by Gasteiger charge is -2.09. The minimum atomic E-state index is -0.885. The molecule has 116 valence electrons. The summed E-state index contributed by atoms with van der Waals surface area (Å²) in [6.07, 6.45) is 1.73. The molecule has 0 saturated heterocycles. The molecular weight excluding hydrogens is 302 g/mol. The molecular formula is C15H17N3O3S. The van der Waals surface area contributed by atoms with Gasteiger partial charge < -0.3 is 9.84 Å². The first-order chi connectivity index (χ1) is 10.6. The number of aromatic nitrogens is 3. The van der Waals surface area contributed by atoms with Gasteiger partial charge in [-0.3, -0.25) is 9.36 Å². The van der Waals surface area contributed by atoms with Gasteiger partial charge in [-0.1, -0.05) is 17.8 Å². The Morgan fingerprint density at radius 2 is 2.14 bits per heavy atom. The Hall–Kier alpha value is -2.28. The molecule has 1 atom stereocenters. The highest BCUT2D eigenvalue weighted by Crippen LogP contribution is 2.27. The molecule has 2 rings (SSSR count). The van der Waals surface area contributed by atoms with Crippen LogP contribution >= 0.6 is 11.8 Å². The number of ether oxygens (including phenoxy) is 1. The first-order valence-electron chi connectivity index (χ1n) is 6.64. The number of hydrogen-bond donors (Lipinski definition) is 1. The quantitative estimate of drug-likeness (QED) is 0.624. The second kappa shape index (κ2) is 7.13. The second-order valence-corrected chi connectivity index (χ2v) is 5.84. The minimum Gasteiger partial charge on any atom is -0.497 e. The number of benzene rings is 1. The summed E-state index contributed by atoms with van der Waals surface area (Å²) in [7, 11) is 1.61. The molecule has 6 nitrogen and oxygen atoms in total. The second-order valence-electron chi connectivity index (χ2n) is 4.53. The van der Waals surface area contributed by atoms with Crippen molar-refractivity contribution in [2.75, 3.05) is 7.11 Å². The van der Waals surface area contributed by atoms with Crippen molar-refractivity contribution in [2.24, 2.45) is 0 Å². The van der Waals surface area contributed by atoms with E-state index < -0.39 is 11.2 Å². The van der Waals surface area contributed by atoms with Gasteiger partial charge in [-0.2, -0.15) is 0 Å². The van der Waals surface area contributed by atoms with Crippen molar-refractivity contribution in [3.05, 3.63) is 36.9 Å². The first-order valence-corrected chi connectivity index (χ1v) is 7.52. The van der Waals surface area contributed by atoms with Crippen LogP contribution in [0.1, 0.15) is 6.92 Å². The molecule has 0 saturated carbocycles. The largest absolute Gasteiger partial charge is 0.497 e. The fourth-order valence-electron chi connectivity index (χ4n) is 1.83. The molecule has 0 spiro atoms. The van der Waals surface area contributed by atoms with Crippen LogP contribution in [0.5, 0.6) is 5.75 Å². The van der Waals surface area contributed by atoms with Crippen molar-refractivity contribution >= 4 is 17.7 Å². The van der Waals surface area contributed by atoms with E-state index in [9.17, 15) is 4.79 Å². The molecule has 22 heavy (non-hydrogen) atoms. The molecule has 1 heterocycles. The summed E-state index contributed by atoms with van der Waals surface area (Å²) in [5.41, 5.74) is 0.880. The number of carboxylic acids is 1. The van der Waals surface area contributed by atoms with Crippen LogP contribution in [0.3, 0.4) is 0 Å². The van der Waals surface area contributed by atoms with Crippen molar-refractivity contribution in [3.8, 4) is 17.1 Å². The van der Waals surface area contributed by atoms with Gasteiger partial charge in [-0.25, -0.2) is 0 Å². The van der Waals surface area contributed by atoms with E-state index in [2.05, 4.69) is 16.8 Å². The van der Waals surface area contributed by atoms with Gasteiger partial charge in [-0.15, -0.1) is 16.8 Å². The SMILES string of the molecule is C=CCn1c(S[C@H](C)C(=O)O)nnc1-c1ccc(OC)cc1. The topological polar surface area (TPSA) is 77.2 Å². The third-order valence-electron chi connectivity index (χ3n) is 3.01. The summed E-state index contributed by atoms with van der Waals surface area (Å²) in [6.45, 7) is 5.85. The first kappa shape index (κ1) is 16.1. The monoisotopic (exact) mass is 319 g/mol. The zero-order chi connectivity index (χ0) is 16.1. The van der Waals surface area contributed by atoms with Gasteiger partial charge in [0.1, 0.15) is 11.0 Å². The number of rotatable bonds is 7. The minimum absolute atomic E-state index is 0.503. The van der Waals surface area contributed by atoms with E-state index in [1.807, 2.05) is 28.8 Å². The van der Waals surface area contributed by atoms with E-state index in [0.29, 0.717) is 17.5 Å². The van der Waals surface area contributed by atoms with Gasteiger partial charge in [0.25, 0.3) is 0 Å². The van der Waals surface area contributed by atoms with Gasteiger partial charge in [0.15, 0.2) is 11.0 Å². The van der Waals surface area contributed by atoms with Gasteiger partial charge in [0, 0.05) is 12.1 Å². The summed E-state index contributed by atoms with van der Waals surface area (Å²) in [5, 5.41) is 17.3. The zero-order valence-electron chi connectivity index (χ0n) is 12.4. The molecule has 0 aliphatic heterocycles. The Kier molecular flexibility index (Phi) is 5.21. The third-order valence-corrected chi connectivity index (χ3v) is 4.07. The molecule has 0 bridgehead atoms. The Bertz CT molecular complexity index is 667. The number of carboxylic acid groups (broad SMARTS) is 1. The molecule has 7 heteroatoms. The van der Waals surface area contributed by atoms with Gasteiger partial charge in [0.05, 0.1) is 7.11 Å². The van der Waals surface area contributed by atoms with Crippen LogP contribution in [0.15, 0.2) is 42.1 Å². The number of thioether (sulfide) groups is 1. The molecule has 2 aromatic rings. The van der Waals surface area contributed by atoms with Crippen molar-refractivity contribution < 1.29 is 14.6 Å². The number of methoxy groups -OCH3 is 1. The van der Waals surface area contributed by atoms with Gasteiger partial charge >= 0.3 is 5.97 Å². The van der Waals surface area contributed by atoms with Crippen molar-refractivity contribution in [3.63, 3.8) is 0 Å². The highest BCUT2D eigenvalue weighted by molar-refractivity contribution is 8.00. The van der Waals surface area contributed by atoms with Crippen LogP contribution in [0.4, 0.5) is 0 Å². The summed E-state index contributed by atoms with van der Waals surface area (Å²) in [5.74, 6) is 0.541. The molecule has 1 N–H and O–H groups in total. The average Bonchev–Trinajstić information content (AvgIpc) is 2.90. The standard InChI is InChI=1S/C15H17N3O3S/c1-4-9-18-13(11-5-7-12(21-3)8-6-11)16-17-15(18)22-10(2)14(19)20/h4-8,10H,1,9H2,2-3H3,(H,19,20)/t10-/m1/s1. The maximum atomic E-state index is 11.0. The maximum Gasteiger partial charge on any atom is 0.316 e. The fraction of sp³-hybridized carbons (Fsp3) is 0.267. The van der Waals surface area contributed by atoms with Crippen LogP contribution in [-0.2, 0) is 11.3 Å². The number of carbonyl (C=O) groups is 1. The summed E-state index contributed by atoms with van der Waals surface area (Å²) >= 11 is 1.16. The molecule has 0 aliphatic rings. The van der Waals surface area contributed by atoms with Crippen LogP contribution < -0.4 is 4.74 Å².